The van der Waals surface area contributed by atoms with Crippen LogP contribution in [0.4, 0.5) is 5.69 Å². The normalized spacial score (nSPS) is 10.2. The molecule has 0 aromatic heterocycles. The van der Waals surface area contributed by atoms with Gasteiger partial charge in [0.05, 0.1) is 22.3 Å². The molecule has 94 valence electrons. The monoisotopic (exact) mass is 268 g/mol. The topological polar surface area (TPSA) is 131 Å². The van der Waals surface area contributed by atoms with Crippen LogP contribution in [0.15, 0.2) is 23.3 Å². The molecule has 1 aromatic carbocycles. The molecule has 0 fully saturated rings. The Morgan fingerprint density at radius 3 is 2.78 bits per heavy atom. The first kappa shape index (κ1) is 13.5. The number of rotatable bonds is 4. The second kappa shape index (κ2) is 5.68. The quantitative estimate of drug-likeness (QED) is 0.313. The third-order valence-corrected chi connectivity index (χ3v) is 1.97. The number of nitro groups is 1. The highest BCUT2D eigenvalue weighted by atomic mass is 32.1. The molecule has 18 heavy (non-hydrogen) atoms. The second-order valence-corrected chi connectivity index (χ2v) is 3.47. The molecule has 0 atom stereocenters. The summed E-state index contributed by atoms with van der Waals surface area (Å²) in [7, 11) is 0. The van der Waals surface area contributed by atoms with Gasteiger partial charge >= 0.3 is 5.97 Å². The van der Waals surface area contributed by atoms with Crippen LogP contribution in [-0.4, -0.2) is 27.3 Å². The minimum Gasteiger partial charge on any atom is -0.478 e. The molecule has 9 heteroatoms. The largest absolute Gasteiger partial charge is 0.478 e. The minimum absolute atomic E-state index is 0.137. The SMILES string of the molecule is NC(=S)NN=Cc1c(C(=O)O)cccc1[N+](=O)[O-]. The smallest absolute Gasteiger partial charge is 0.336 e. The summed E-state index contributed by atoms with van der Waals surface area (Å²) < 4.78 is 0. The summed E-state index contributed by atoms with van der Waals surface area (Å²) in [6.45, 7) is 0. The number of benzene rings is 1. The van der Waals surface area contributed by atoms with Crippen LogP contribution >= 0.6 is 12.2 Å². The molecule has 0 heterocycles. The molecule has 8 nitrogen and oxygen atoms in total. The van der Waals surface area contributed by atoms with Crippen LogP contribution < -0.4 is 11.2 Å². The number of nitrogens with zero attached hydrogens (tertiary/aromatic N) is 2. The molecule has 1 aromatic rings. The van der Waals surface area contributed by atoms with E-state index in [1.165, 1.54) is 18.2 Å². The minimum atomic E-state index is -1.30. The molecule has 0 radical (unpaired) electrons. The number of hydrogen-bond acceptors (Lipinski definition) is 5. The Kier molecular flexibility index (Phi) is 4.27. The lowest BCUT2D eigenvalue weighted by Crippen LogP contribution is -2.24. The van der Waals surface area contributed by atoms with Gasteiger partial charge in [0.2, 0.25) is 0 Å². The zero-order valence-corrected chi connectivity index (χ0v) is 9.68. The van der Waals surface area contributed by atoms with Gasteiger partial charge in [0.1, 0.15) is 0 Å². The third kappa shape index (κ3) is 3.22. The van der Waals surface area contributed by atoms with Crippen LogP contribution in [0.3, 0.4) is 0 Å². The standard InChI is InChI=1S/C9H8N4O4S/c10-9(18)12-11-4-6-5(8(14)15)2-1-3-7(6)13(16)17/h1-4H,(H,14,15)(H3,10,12,18). The van der Waals surface area contributed by atoms with Crippen molar-refractivity contribution in [2.75, 3.05) is 0 Å². The molecule has 0 aliphatic carbocycles. The van der Waals surface area contributed by atoms with Gasteiger partial charge in [-0.3, -0.25) is 15.5 Å². The predicted octanol–water partition coefficient (Wildman–Crippen LogP) is 0.460. The molecule has 0 saturated carbocycles. The first-order valence-corrected chi connectivity index (χ1v) is 4.93. The fourth-order valence-electron chi connectivity index (χ4n) is 1.19. The number of aromatic carboxylic acids is 1. The van der Waals surface area contributed by atoms with Crippen molar-refractivity contribution in [3.05, 3.63) is 39.4 Å². The van der Waals surface area contributed by atoms with Gasteiger partial charge in [-0.15, -0.1) is 0 Å². The van der Waals surface area contributed by atoms with Crippen LogP contribution in [0.25, 0.3) is 0 Å². The number of thiocarbonyl (C=S) groups is 1. The van der Waals surface area contributed by atoms with Gasteiger partial charge in [-0.05, 0) is 18.3 Å². The van der Waals surface area contributed by atoms with Crippen molar-refractivity contribution in [3.8, 4) is 0 Å². The van der Waals surface area contributed by atoms with Crippen molar-refractivity contribution in [1.82, 2.24) is 5.43 Å². The fourth-order valence-corrected chi connectivity index (χ4v) is 1.25. The number of nitro benzene ring substituents is 1. The molecule has 0 aliphatic heterocycles. The van der Waals surface area contributed by atoms with E-state index in [0.29, 0.717) is 0 Å². The Morgan fingerprint density at radius 2 is 2.28 bits per heavy atom. The third-order valence-electron chi connectivity index (χ3n) is 1.88. The van der Waals surface area contributed by atoms with Crippen LogP contribution in [0.1, 0.15) is 15.9 Å². The molecule has 4 N–H and O–H groups in total. The average molecular weight is 268 g/mol. The lowest BCUT2D eigenvalue weighted by atomic mass is 10.1. The number of carboxylic acid groups (broad SMARTS) is 1. The number of hydrogen-bond donors (Lipinski definition) is 3. The van der Waals surface area contributed by atoms with Crippen molar-refractivity contribution in [3.63, 3.8) is 0 Å². The molecular weight excluding hydrogens is 260 g/mol. The van der Waals surface area contributed by atoms with E-state index in [0.717, 1.165) is 6.21 Å². The van der Waals surface area contributed by atoms with E-state index in [2.05, 4.69) is 22.7 Å². The predicted molar refractivity (Wildman–Crippen MR) is 67.6 cm³/mol. The lowest BCUT2D eigenvalue weighted by molar-refractivity contribution is -0.385. The van der Waals surface area contributed by atoms with Gasteiger partial charge in [-0.1, -0.05) is 6.07 Å². The molecule has 0 amide bonds. The molecule has 0 unspecified atom stereocenters. The molecule has 0 aliphatic rings. The van der Waals surface area contributed by atoms with E-state index < -0.39 is 10.9 Å². The van der Waals surface area contributed by atoms with E-state index in [4.69, 9.17) is 10.8 Å². The van der Waals surface area contributed by atoms with Gasteiger partial charge in [-0.25, -0.2) is 4.79 Å². The highest BCUT2D eigenvalue weighted by molar-refractivity contribution is 7.80. The second-order valence-electron chi connectivity index (χ2n) is 3.03. The highest BCUT2D eigenvalue weighted by Gasteiger charge is 2.19. The van der Waals surface area contributed by atoms with E-state index in [1.54, 1.807) is 0 Å². The fraction of sp³-hybridized carbons (Fsp3) is 0. The zero-order chi connectivity index (χ0) is 13.7. The Labute approximate surface area is 106 Å². The Bertz CT molecular complexity index is 511. The molecule has 1 rings (SSSR count). The van der Waals surface area contributed by atoms with Crippen LogP contribution in [0.2, 0.25) is 0 Å². The van der Waals surface area contributed by atoms with Crippen LogP contribution in [0, 0.1) is 10.1 Å². The van der Waals surface area contributed by atoms with E-state index >= 15 is 0 Å². The Balaban J connectivity index is 3.27. The maximum atomic E-state index is 10.9. The van der Waals surface area contributed by atoms with Crippen molar-refractivity contribution < 1.29 is 14.8 Å². The van der Waals surface area contributed by atoms with Crippen molar-refractivity contribution >= 4 is 35.2 Å². The molecule has 0 bridgehead atoms. The van der Waals surface area contributed by atoms with E-state index in [9.17, 15) is 14.9 Å². The number of carbonyl (C=O) groups is 1. The number of hydrazone groups is 1. The van der Waals surface area contributed by atoms with Gasteiger partial charge in [0, 0.05) is 6.07 Å². The summed E-state index contributed by atoms with van der Waals surface area (Å²) in [5, 5.41) is 23.1. The highest BCUT2D eigenvalue weighted by Crippen LogP contribution is 2.20. The number of nitrogens with one attached hydrogen (secondary N) is 1. The summed E-state index contributed by atoms with van der Waals surface area (Å²) in [6.07, 6.45) is 0.987. The zero-order valence-electron chi connectivity index (χ0n) is 8.86. The summed E-state index contributed by atoms with van der Waals surface area (Å²) >= 11 is 4.48. The first-order chi connectivity index (χ1) is 8.43. The summed E-state index contributed by atoms with van der Waals surface area (Å²) in [5.74, 6) is -1.30. The van der Waals surface area contributed by atoms with Gasteiger partial charge in [-0.2, -0.15) is 5.10 Å². The Hall–Kier alpha value is -2.55. The van der Waals surface area contributed by atoms with E-state index in [1.807, 2.05) is 0 Å². The van der Waals surface area contributed by atoms with Crippen LogP contribution in [0.5, 0.6) is 0 Å². The summed E-state index contributed by atoms with van der Waals surface area (Å²) in [5.41, 5.74) is 6.55. The van der Waals surface area contributed by atoms with Gasteiger partial charge < -0.3 is 10.8 Å². The molecular formula is C9H8N4O4S. The first-order valence-electron chi connectivity index (χ1n) is 4.52. The van der Waals surface area contributed by atoms with E-state index in [-0.39, 0.29) is 21.9 Å². The maximum absolute atomic E-state index is 10.9. The maximum Gasteiger partial charge on any atom is 0.336 e. The average Bonchev–Trinajstić information content (AvgIpc) is 2.28. The summed E-state index contributed by atoms with van der Waals surface area (Å²) in [6, 6.07) is 3.69. The van der Waals surface area contributed by atoms with Crippen molar-refractivity contribution in [2.45, 2.75) is 0 Å². The van der Waals surface area contributed by atoms with Crippen LogP contribution in [-0.2, 0) is 0 Å². The molecule has 0 spiro atoms. The molecule has 0 saturated heterocycles. The van der Waals surface area contributed by atoms with Gasteiger partial charge in [0.25, 0.3) is 5.69 Å². The van der Waals surface area contributed by atoms with Crippen molar-refractivity contribution in [2.24, 2.45) is 10.8 Å². The van der Waals surface area contributed by atoms with Gasteiger partial charge in [0.15, 0.2) is 5.11 Å². The Morgan fingerprint density at radius 1 is 1.61 bits per heavy atom. The van der Waals surface area contributed by atoms with Crippen molar-refractivity contribution in [1.29, 1.82) is 0 Å². The number of nitrogens with two attached hydrogens (primary N) is 1. The lowest BCUT2D eigenvalue weighted by Gasteiger charge is -2.02. The summed E-state index contributed by atoms with van der Waals surface area (Å²) in [4.78, 5) is 21.0. The number of carboxylic acids is 1.